The van der Waals surface area contributed by atoms with E-state index in [9.17, 15) is 5.11 Å². The first-order chi connectivity index (χ1) is 6.81. The molecule has 0 aliphatic heterocycles. The lowest BCUT2D eigenvalue weighted by atomic mass is 10.1. The standard InChI is InChI=1S/C11H20O3/c1-3-4-5-6-11(12)7-8-14-10-9-13-2/h1,11-12H,4-10H2,2H3. The topological polar surface area (TPSA) is 38.7 Å². The van der Waals surface area contributed by atoms with Crippen LogP contribution in [0, 0.1) is 12.3 Å². The molecule has 0 fully saturated rings. The van der Waals surface area contributed by atoms with Gasteiger partial charge < -0.3 is 14.6 Å². The molecule has 0 saturated carbocycles. The third-order valence-corrected chi connectivity index (χ3v) is 1.89. The summed E-state index contributed by atoms with van der Waals surface area (Å²) < 4.78 is 10.0. The SMILES string of the molecule is C#CCCCC(O)CCOCCOC. The van der Waals surface area contributed by atoms with E-state index in [1.165, 1.54) is 0 Å². The highest BCUT2D eigenvalue weighted by atomic mass is 16.5. The largest absolute Gasteiger partial charge is 0.393 e. The smallest absolute Gasteiger partial charge is 0.0700 e. The molecule has 1 unspecified atom stereocenters. The normalized spacial score (nSPS) is 12.4. The van der Waals surface area contributed by atoms with Gasteiger partial charge in [0.15, 0.2) is 0 Å². The number of methoxy groups -OCH3 is 1. The average Bonchev–Trinajstić information content (AvgIpc) is 2.18. The second kappa shape index (κ2) is 10.5. The lowest BCUT2D eigenvalue weighted by Gasteiger charge is -2.09. The van der Waals surface area contributed by atoms with Crippen molar-refractivity contribution < 1.29 is 14.6 Å². The van der Waals surface area contributed by atoms with Crippen LogP contribution in [-0.2, 0) is 9.47 Å². The molecule has 0 aromatic heterocycles. The quantitative estimate of drug-likeness (QED) is 0.449. The van der Waals surface area contributed by atoms with E-state index >= 15 is 0 Å². The Bertz CT molecular complexity index is 151. The van der Waals surface area contributed by atoms with Crippen molar-refractivity contribution in [2.75, 3.05) is 26.9 Å². The van der Waals surface area contributed by atoms with Gasteiger partial charge in [-0.2, -0.15) is 0 Å². The third kappa shape index (κ3) is 9.53. The maximum Gasteiger partial charge on any atom is 0.0700 e. The van der Waals surface area contributed by atoms with Crippen molar-refractivity contribution >= 4 is 0 Å². The fourth-order valence-electron chi connectivity index (χ4n) is 1.05. The predicted octanol–water partition coefficient (Wildman–Crippen LogP) is 1.20. The highest BCUT2D eigenvalue weighted by Crippen LogP contribution is 2.03. The Morgan fingerprint density at radius 1 is 1.29 bits per heavy atom. The van der Waals surface area contributed by atoms with Crippen LogP contribution in [0.3, 0.4) is 0 Å². The molecule has 0 saturated heterocycles. The second-order valence-corrected chi connectivity index (χ2v) is 3.14. The summed E-state index contributed by atoms with van der Waals surface area (Å²) >= 11 is 0. The Morgan fingerprint density at radius 3 is 2.71 bits per heavy atom. The molecular weight excluding hydrogens is 180 g/mol. The maximum atomic E-state index is 9.45. The zero-order valence-electron chi connectivity index (χ0n) is 8.87. The summed E-state index contributed by atoms with van der Waals surface area (Å²) in [5.74, 6) is 2.55. The Kier molecular flexibility index (Phi) is 10.1. The van der Waals surface area contributed by atoms with Crippen molar-refractivity contribution in [3.05, 3.63) is 0 Å². The van der Waals surface area contributed by atoms with Gasteiger partial charge in [-0.1, -0.05) is 0 Å². The summed E-state index contributed by atoms with van der Waals surface area (Å²) in [4.78, 5) is 0. The van der Waals surface area contributed by atoms with E-state index in [4.69, 9.17) is 15.9 Å². The van der Waals surface area contributed by atoms with Gasteiger partial charge in [0.1, 0.15) is 0 Å². The summed E-state index contributed by atoms with van der Waals surface area (Å²) in [5.41, 5.74) is 0. The molecule has 0 rings (SSSR count). The summed E-state index contributed by atoms with van der Waals surface area (Å²) in [6.45, 7) is 1.78. The minimum atomic E-state index is -0.286. The van der Waals surface area contributed by atoms with Gasteiger partial charge in [0, 0.05) is 20.1 Å². The molecule has 0 aliphatic carbocycles. The first-order valence-electron chi connectivity index (χ1n) is 4.99. The molecular formula is C11H20O3. The van der Waals surface area contributed by atoms with Gasteiger partial charge in [0.2, 0.25) is 0 Å². The van der Waals surface area contributed by atoms with Crippen LogP contribution < -0.4 is 0 Å². The van der Waals surface area contributed by atoms with Crippen molar-refractivity contribution in [1.29, 1.82) is 0 Å². The number of aliphatic hydroxyl groups is 1. The van der Waals surface area contributed by atoms with Crippen molar-refractivity contribution in [2.45, 2.75) is 31.8 Å². The maximum absolute atomic E-state index is 9.45. The van der Waals surface area contributed by atoms with E-state index in [-0.39, 0.29) is 6.10 Å². The van der Waals surface area contributed by atoms with E-state index in [1.807, 2.05) is 0 Å². The molecule has 0 spiro atoms. The van der Waals surface area contributed by atoms with Crippen molar-refractivity contribution in [3.8, 4) is 12.3 Å². The van der Waals surface area contributed by atoms with Crippen LogP contribution in [0.5, 0.6) is 0 Å². The molecule has 1 atom stereocenters. The van der Waals surface area contributed by atoms with Gasteiger partial charge in [-0.25, -0.2) is 0 Å². The number of ether oxygens (including phenoxy) is 2. The summed E-state index contributed by atoms with van der Waals surface area (Å²) in [6.07, 6.45) is 7.87. The minimum absolute atomic E-state index is 0.286. The lowest BCUT2D eigenvalue weighted by molar-refractivity contribution is 0.0457. The van der Waals surface area contributed by atoms with Gasteiger partial charge in [0.05, 0.1) is 19.3 Å². The van der Waals surface area contributed by atoms with E-state index < -0.39 is 0 Å². The second-order valence-electron chi connectivity index (χ2n) is 3.14. The van der Waals surface area contributed by atoms with Crippen LogP contribution in [0.25, 0.3) is 0 Å². The summed E-state index contributed by atoms with van der Waals surface area (Å²) in [5, 5.41) is 9.45. The van der Waals surface area contributed by atoms with Crippen molar-refractivity contribution in [3.63, 3.8) is 0 Å². The number of hydrogen-bond acceptors (Lipinski definition) is 3. The highest BCUT2D eigenvalue weighted by molar-refractivity contribution is 4.83. The number of terminal acetylenes is 1. The fourth-order valence-corrected chi connectivity index (χ4v) is 1.05. The molecule has 0 bridgehead atoms. The highest BCUT2D eigenvalue weighted by Gasteiger charge is 2.02. The molecule has 3 heteroatoms. The third-order valence-electron chi connectivity index (χ3n) is 1.89. The lowest BCUT2D eigenvalue weighted by Crippen LogP contribution is -2.12. The van der Waals surface area contributed by atoms with Crippen LogP contribution in [0.4, 0.5) is 0 Å². The number of hydrogen-bond donors (Lipinski definition) is 1. The monoisotopic (exact) mass is 200 g/mol. The number of aliphatic hydroxyl groups excluding tert-OH is 1. The Hall–Kier alpha value is -0.560. The molecule has 0 radical (unpaired) electrons. The molecule has 0 aliphatic rings. The zero-order chi connectivity index (χ0) is 10.6. The van der Waals surface area contributed by atoms with Crippen molar-refractivity contribution in [2.24, 2.45) is 0 Å². The number of rotatable bonds is 9. The molecule has 3 nitrogen and oxygen atoms in total. The molecule has 14 heavy (non-hydrogen) atoms. The van der Waals surface area contributed by atoms with Crippen LogP contribution in [0.1, 0.15) is 25.7 Å². The number of unbranched alkanes of at least 4 members (excludes halogenated alkanes) is 1. The van der Waals surface area contributed by atoms with Gasteiger partial charge >= 0.3 is 0 Å². The minimum Gasteiger partial charge on any atom is -0.393 e. The Balaban J connectivity index is 3.10. The van der Waals surface area contributed by atoms with Crippen LogP contribution in [-0.4, -0.2) is 38.1 Å². The predicted molar refractivity (Wildman–Crippen MR) is 56.0 cm³/mol. The molecule has 0 aromatic carbocycles. The van der Waals surface area contributed by atoms with Crippen LogP contribution >= 0.6 is 0 Å². The van der Waals surface area contributed by atoms with Crippen LogP contribution in [0.2, 0.25) is 0 Å². The first-order valence-corrected chi connectivity index (χ1v) is 4.99. The Labute approximate surface area is 86.4 Å². The molecule has 82 valence electrons. The molecule has 1 N–H and O–H groups in total. The van der Waals surface area contributed by atoms with Gasteiger partial charge in [-0.15, -0.1) is 12.3 Å². The molecule has 0 aromatic rings. The van der Waals surface area contributed by atoms with Gasteiger partial charge in [-0.3, -0.25) is 0 Å². The van der Waals surface area contributed by atoms with Crippen LogP contribution in [0.15, 0.2) is 0 Å². The molecule has 0 heterocycles. The average molecular weight is 200 g/mol. The summed E-state index contributed by atoms with van der Waals surface area (Å²) in [6, 6.07) is 0. The fraction of sp³-hybridized carbons (Fsp3) is 0.818. The van der Waals surface area contributed by atoms with E-state index in [2.05, 4.69) is 5.92 Å². The van der Waals surface area contributed by atoms with E-state index in [0.717, 1.165) is 19.3 Å². The Morgan fingerprint density at radius 2 is 2.07 bits per heavy atom. The molecule has 0 amide bonds. The summed E-state index contributed by atoms with van der Waals surface area (Å²) in [7, 11) is 1.64. The van der Waals surface area contributed by atoms with E-state index in [1.54, 1.807) is 7.11 Å². The zero-order valence-corrected chi connectivity index (χ0v) is 8.87. The van der Waals surface area contributed by atoms with Gasteiger partial charge in [0.25, 0.3) is 0 Å². The van der Waals surface area contributed by atoms with Gasteiger partial charge in [-0.05, 0) is 19.3 Å². The van der Waals surface area contributed by atoms with Crippen molar-refractivity contribution in [1.82, 2.24) is 0 Å². The first kappa shape index (κ1) is 13.4. The van der Waals surface area contributed by atoms with E-state index in [0.29, 0.717) is 26.2 Å².